The number of hydrogen-bond acceptors (Lipinski definition) is 6. The van der Waals surface area contributed by atoms with Crippen molar-refractivity contribution < 1.29 is 8.42 Å². The van der Waals surface area contributed by atoms with E-state index in [4.69, 9.17) is 11.5 Å². The molecule has 0 aliphatic carbocycles. The number of nitrogens with zero attached hydrogens (tertiary/aromatic N) is 1. The van der Waals surface area contributed by atoms with Gasteiger partial charge in [-0.1, -0.05) is 0 Å². The number of pyridine rings is 1. The van der Waals surface area contributed by atoms with Crippen LogP contribution >= 0.6 is 0 Å². The number of hydrogen-bond donors (Lipinski definition) is 4. The Labute approximate surface area is 134 Å². The smallest absolute Gasteiger partial charge is 0.256 e. The van der Waals surface area contributed by atoms with Crippen molar-refractivity contribution in [3.8, 4) is 0 Å². The van der Waals surface area contributed by atoms with Crippen molar-refractivity contribution in [3.63, 3.8) is 0 Å². The zero-order valence-electron chi connectivity index (χ0n) is 12.8. The molecule has 0 aliphatic heterocycles. The molecule has 23 heavy (non-hydrogen) atoms. The fourth-order valence-electron chi connectivity index (χ4n) is 2.01. The van der Waals surface area contributed by atoms with E-state index in [1.54, 1.807) is 18.2 Å². The minimum atomic E-state index is -3.49. The van der Waals surface area contributed by atoms with Gasteiger partial charge < -0.3 is 21.8 Å². The van der Waals surface area contributed by atoms with Gasteiger partial charge in [-0.2, -0.15) is 0 Å². The van der Waals surface area contributed by atoms with Crippen LogP contribution in [0.4, 0.5) is 11.4 Å². The lowest BCUT2D eigenvalue weighted by atomic mass is 10.2. The van der Waals surface area contributed by atoms with Crippen LogP contribution in [0.25, 0.3) is 0 Å². The van der Waals surface area contributed by atoms with Crippen molar-refractivity contribution in [2.75, 3.05) is 25.1 Å². The van der Waals surface area contributed by atoms with Gasteiger partial charge in [-0.25, -0.2) is 12.7 Å². The normalized spacial score (nSPS) is 13.0. The Hall–Kier alpha value is -2.36. The maximum Gasteiger partial charge on any atom is 0.256 e. The number of nitrogens with two attached hydrogens (primary N) is 2. The average Bonchev–Trinajstić information content (AvgIpc) is 2.47. The highest BCUT2D eigenvalue weighted by atomic mass is 32.2. The van der Waals surface area contributed by atoms with Crippen molar-refractivity contribution in [1.29, 1.82) is 0 Å². The summed E-state index contributed by atoms with van der Waals surface area (Å²) in [4.78, 5) is 14.5. The third-order valence-corrected chi connectivity index (χ3v) is 5.13. The third kappa shape index (κ3) is 3.52. The predicted molar refractivity (Wildman–Crippen MR) is 89.3 cm³/mol. The highest BCUT2D eigenvalue weighted by molar-refractivity contribution is 7.89. The fourth-order valence-corrected chi connectivity index (χ4v) is 2.91. The van der Waals surface area contributed by atoms with Gasteiger partial charge in [-0.3, -0.25) is 4.79 Å². The minimum absolute atomic E-state index is 0.165. The molecular weight excluding hydrogens is 318 g/mol. The zero-order valence-corrected chi connectivity index (χ0v) is 13.6. The first kappa shape index (κ1) is 17.0. The van der Waals surface area contributed by atoms with Gasteiger partial charge in [0.2, 0.25) is 10.0 Å². The van der Waals surface area contributed by atoms with Crippen LogP contribution in [0.2, 0.25) is 0 Å². The molecule has 0 amide bonds. The minimum Gasteiger partial charge on any atom is -0.398 e. The third-order valence-electron chi connectivity index (χ3n) is 3.30. The Morgan fingerprint density at radius 2 is 1.78 bits per heavy atom. The number of aromatic nitrogens is 1. The molecule has 2 aromatic rings. The maximum absolute atomic E-state index is 12.0. The van der Waals surface area contributed by atoms with Gasteiger partial charge in [0.1, 0.15) is 6.17 Å². The van der Waals surface area contributed by atoms with Gasteiger partial charge in [-0.05, 0) is 30.3 Å². The Balaban J connectivity index is 2.23. The molecule has 0 saturated carbocycles. The summed E-state index contributed by atoms with van der Waals surface area (Å²) in [6.07, 6.45) is 0.616. The molecule has 124 valence electrons. The number of H-pyrrole nitrogens is 1. The van der Waals surface area contributed by atoms with Crippen LogP contribution < -0.4 is 22.3 Å². The monoisotopic (exact) mass is 337 g/mol. The Morgan fingerprint density at radius 1 is 1.17 bits per heavy atom. The lowest BCUT2D eigenvalue weighted by molar-refractivity contribution is 0.521. The molecule has 1 aromatic heterocycles. The van der Waals surface area contributed by atoms with E-state index < -0.39 is 16.2 Å². The molecule has 0 spiro atoms. The molecule has 2 rings (SSSR count). The van der Waals surface area contributed by atoms with Crippen molar-refractivity contribution in [1.82, 2.24) is 9.29 Å². The molecule has 1 aromatic carbocycles. The Bertz CT molecular complexity index is 843. The first-order valence-corrected chi connectivity index (χ1v) is 8.19. The quantitative estimate of drug-likeness (QED) is 0.579. The number of anilines is 2. The molecule has 0 fully saturated rings. The summed E-state index contributed by atoms with van der Waals surface area (Å²) >= 11 is 0. The highest BCUT2D eigenvalue weighted by Crippen LogP contribution is 2.20. The van der Waals surface area contributed by atoms with E-state index in [2.05, 4.69) is 10.3 Å². The van der Waals surface area contributed by atoms with Crippen LogP contribution in [0.3, 0.4) is 0 Å². The second-order valence-corrected chi connectivity index (χ2v) is 7.26. The van der Waals surface area contributed by atoms with E-state index in [0.29, 0.717) is 5.69 Å². The SMILES string of the molecule is CN(C)S(=O)(=O)c1ccc(NC(N)c2c(N)cc[nH]c2=O)cc1. The number of aromatic amines is 1. The number of benzene rings is 1. The molecule has 0 saturated heterocycles. The van der Waals surface area contributed by atoms with E-state index in [9.17, 15) is 13.2 Å². The van der Waals surface area contributed by atoms with Gasteiger partial charge in [-0.15, -0.1) is 0 Å². The molecule has 1 heterocycles. The van der Waals surface area contributed by atoms with Crippen LogP contribution in [0, 0.1) is 0 Å². The summed E-state index contributed by atoms with van der Waals surface area (Å²) in [6, 6.07) is 7.62. The molecule has 9 heteroatoms. The summed E-state index contributed by atoms with van der Waals surface area (Å²) in [6.45, 7) is 0. The van der Waals surface area contributed by atoms with Crippen molar-refractivity contribution in [2.45, 2.75) is 11.1 Å². The average molecular weight is 337 g/mol. The molecule has 8 nitrogen and oxygen atoms in total. The van der Waals surface area contributed by atoms with Gasteiger partial charge in [0.15, 0.2) is 0 Å². The first-order valence-electron chi connectivity index (χ1n) is 6.75. The largest absolute Gasteiger partial charge is 0.398 e. The standard InChI is InChI=1S/C14H19N5O3S/c1-19(2)23(21,22)10-5-3-9(4-6-10)18-13(16)12-11(15)7-8-17-14(12)20/h3-8,13,18H,16H2,1-2H3,(H3,15,17,20). The molecular formula is C14H19N5O3S. The van der Waals surface area contributed by atoms with Crippen LogP contribution in [-0.4, -0.2) is 31.8 Å². The van der Waals surface area contributed by atoms with E-state index in [1.807, 2.05) is 0 Å². The van der Waals surface area contributed by atoms with Crippen LogP contribution in [-0.2, 0) is 10.0 Å². The van der Waals surface area contributed by atoms with Crippen LogP contribution in [0.5, 0.6) is 0 Å². The zero-order chi connectivity index (χ0) is 17.2. The van der Waals surface area contributed by atoms with Crippen molar-refractivity contribution in [3.05, 3.63) is 52.4 Å². The summed E-state index contributed by atoms with van der Waals surface area (Å²) in [7, 11) is -0.568. The second kappa shape index (κ2) is 6.41. The highest BCUT2D eigenvalue weighted by Gasteiger charge is 2.17. The summed E-state index contributed by atoms with van der Waals surface area (Å²) in [5.41, 5.74) is 12.4. The Kier molecular flexibility index (Phi) is 4.73. The lowest BCUT2D eigenvalue weighted by Gasteiger charge is -2.17. The fraction of sp³-hybridized carbons (Fsp3) is 0.214. The molecule has 6 N–H and O–H groups in total. The number of nitrogens with one attached hydrogen (secondary N) is 2. The summed E-state index contributed by atoms with van der Waals surface area (Å²) < 4.78 is 25.1. The molecule has 1 unspecified atom stereocenters. The number of rotatable bonds is 5. The van der Waals surface area contributed by atoms with E-state index in [1.165, 1.54) is 32.4 Å². The number of nitrogen functional groups attached to an aromatic ring is 1. The van der Waals surface area contributed by atoms with E-state index in [-0.39, 0.29) is 21.7 Å². The van der Waals surface area contributed by atoms with Gasteiger partial charge in [0.25, 0.3) is 5.56 Å². The van der Waals surface area contributed by atoms with Gasteiger partial charge >= 0.3 is 0 Å². The van der Waals surface area contributed by atoms with Crippen molar-refractivity contribution >= 4 is 21.4 Å². The van der Waals surface area contributed by atoms with Crippen LogP contribution in [0.1, 0.15) is 11.7 Å². The van der Waals surface area contributed by atoms with Gasteiger partial charge in [0.05, 0.1) is 10.5 Å². The Morgan fingerprint density at radius 3 is 2.30 bits per heavy atom. The van der Waals surface area contributed by atoms with Crippen LogP contribution in [0.15, 0.2) is 46.2 Å². The molecule has 0 radical (unpaired) electrons. The van der Waals surface area contributed by atoms with Crippen molar-refractivity contribution in [2.24, 2.45) is 5.73 Å². The molecule has 1 atom stereocenters. The maximum atomic E-state index is 12.0. The van der Waals surface area contributed by atoms with Gasteiger partial charge in [0, 0.05) is 31.7 Å². The molecule has 0 bridgehead atoms. The predicted octanol–water partition coefficient (Wildman–Crippen LogP) is 0.277. The van der Waals surface area contributed by atoms with E-state index in [0.717, 1.165) is 4.31 Å². The molecule has 0 aliphatic rings. The topological polar surface area (TPSA) is 134 Å². The number of sulfonamides is 1. The second-order valence-electron chi connectivity index (χ2n) is 5.11. The summed E-state index contributed by atoms with van der Waals surface area (Å²) in [5, 5.41) is 2.92. The lowest BCUT2D eigenvalue weighted by Crippen LogP contribution is -2.29. The van der Waals surface area contributed by atoms with E-state index >= 15 is 0 Å². The summed E-state index contributed by atoms with van der Waals surface area (Å²) in [5.74, 6) is 0. The first-order chi connectivity index (χ1) is 10.7.